The van der Waals surface area contributed by atoms with Crippen molar-refractivity contribution in [2.75, 3.05) is 35.0 Å². The molecule has 10 heteroatoms. The molecule has 1 aliphatic heterocycles. The maximum atomic E-state index is 13.0. The van der Waals surface area contributed by atoms with Gasteiger partial charge in [0.1, 0.15) is 18.1 Å². The van der Waals surface area contributed by atoms with E-state index in [9.17, 15) is 19.8 Å². The van der Waals surface area contributed by atoms with E-state index in [2.05, 4.69) is 0 Å². The number of cyclic esters (lactones) is 1. The molecule has 0 aliphatic carbocycles. The lowest BCUT2D eigenvalue weighted by molar-refractivity contribution is -0.176. The smallest absolute Gasteiger partial charge is 0.343 e. The Labute approximate surface area is 196 Å². The number of aliphatic hydroxyl groups is 2. The summed E-state index contributed by atoms with van der Waals surface area (Å²) in [5.74, 6) is -2.27. The Morgan fingerprint density at radius 1 is 0.971 bits per heavy atom. The topological polar surface area (TPSA) is 130 Å². The molecule has 4 atom stereocenters. The van der Waals surface area contributed by atoms with Crippen LogP contribution in [0.3, 0.4) is 0 Å². The molecule has 0 amide bonds. The number of rotatable bonds is 9. The molecule has 1 fully saturated rings. The molecule has 1 heterocycles. The second-order valence-corrected chi connectivity index (χ2v) is 7.51. The van der Waals surface area contributed by atoms with E-state index >= 15 is 0 Å². The van der Waals surface area contributed by atoms with Crippen molar-refractivity contribution in [3.8, 4) is 23.0 Å². The number of benzene rings is 2. The summed E-state index contributed by atoms with van der Waals surface area (Å²) in [6.07, 6.45) is -3.11. The zero-order valence-electron chi connectivity index (χ0n) is 19.6. The number of aliphatic hydroxyl groups excluding tert-OH is 1. The molecule has 3 rings (SSSR count). The standard InChI is InChI=1S/C24H28O10/c1-6-33-22(26)19-20(13-7-9-15(29-2)17(11-13)31-4)34-23(27)24(19,28)21(25)14-8-10-16(30-3)18(12-14)32-5/h7-12,19-21,25,28H,6H2,1-5H3/t19-,20-,21+,24+/m1/s1. The van der Waals surface area contributed by atoms with Gasteiger partial charge >= 0.3 is 11.9 Å². The highest BCUT2D eigenvalue weighted by Gasteiger charge is 2.65. The van der Waals surface area contributed by atoms with Crippen molar-refractivity contribution in [2.45, 2.75) is 24.7 Å². The Morgan fingerprint density at radius 2 is 1.53 bits per heavy atom. The first-order valence-corrected chi connectivity index (χ1v) is 10.5. The Bertz CT molecular complexity index is 1050. The highest BCUT2D eigenvalue weighted by molar-refractivity contribution is 5.92. The van der Waals surface area contributed by atoms with Gasteiger partial charge in [-0.2, -0.15) is 0 Å². The molecule has 184 valence electrons. The van der Waals surface area contributed by atoms with E-state index < -0.39 is 35.7 Å². The van der Waals surface area contributed by atoms with Gasteiger partial charge in [0.15, 0.2) is 23.0 Å². The maximum Gasteiger partial charge on any atom is 0.343 e. The molecule has 1 aliphatic rings. The lowest BCUT2D eigenvalue weighted by Gasteiger charge is -2.31. The second kappa shape index (κ2) is 10.2. The van der Waals surface area contributed by atoms with Crippen molar-refractivity contribution in [1.82, 2.24) is 0 Å². The molecule has 10 nitrogen and oxygen atoms in total. The van der Waals surface area contributed by atoms with Crippen LogP contribution in [0.15, 0.2) is 36.4 Å². The summed E-state index contributed by atoms with van der Waals surface area (Å²) in [6, 6.07) is 9.03. The lowest BCUT2D eigenvalue weighted by Crippen LogP contribution is -2.50. The monoisotopic (exact) mass is 476 g/mol. The third-order valence-corrected chi connectivity index (χ3v) is 5.75. The minimum atomic E-state index is -2.65. The van der Waals surface area contributed by atoms with Crippen LogP contribution < -0.4 is 18.9 Å². The van der Waals surface area contributed by atoms with Crippen LogP contribution in [-0.2, 0) is 19.1 Å². The number of hydrogen-bond acceptors (Lipinski definition) is 10. The first-order chi connectivity index (χ1) is 16.3. The Hall–Kier alpha value is -3.50. The number of ether oxygens (including phenoxy) is 6. The third-order valence-electron chi connectivity index (χ3n) is 5.75. The van der Waals surface area contributed by atoms with Crippen LogP contribution in [0.4, 0.5) is 0 Å². The van der Waals surface area contributed by atoms with Crippen molar-refractivity contribution < 1.29 is 48.2 Å². The molecule has 1 saturated heterocycles. The molecule has 2 aromatic carbocycles. The van der Waals surface area contributed by atoms with Gasteiger partial charge in [0.25, 0.3) is 0 Å². The number of esters is 2. The zero-order valence-corrected chi connectivity index (χ0v) is 19.6. The molecule has 2 N–H and O–H groups in total. The second-order valence-electron chi connectivity index (χ2n) is 7.51. The van der Waals surface area contributed by atoms with Gasteiger partial charge in [-0.25, -0.2) is 4.79 Å². The van der Waals surface area contributed by atoms with Crippen molar-refractivity contribution in [3.05, 3.63) is 47.5 Å². The minimum absolute atomic E-state index is 0.00921. The predicted molar refractivity (Wildman–Crippen MR) is 118 cm³/mol. The Morgan fingerprint density at radius 3 is 2.09 bits per heavy atom. The van der Waals surface area contributed by atoms with Crippen molar-refractivity contribution in [3.63, 3.8) is 0 Å². The molecule has 2 aromatic rings. The van der Waals surface area contributed by atoms with E-state index in [0.717, 1.165) is 0 Å². The van der Waals surface area contributed by atoms with E-state index in [0.29, 0.717) is 22.8 Å². The SMILES string of the molecule is CCOC(=O)[C@H]1[C@@H](c2ccc(OC)c(OC)c2)OC(=O)[C@@]1(O)[C@@H](O)c1ccc(OC)c(OC)c1. The molecule has 0 spiro atoms. The van der Waals surface area contributed by atoms with E-state index in [1.165, 1.54) is 52.7 Å². The average molecular weight is 476 g/mol. The van der Waals surface area contributed by atoms with Crippen LogP contribution in [-0.4, -0.2) is 62.8 Å². The van der Waals surface area contributed by atoms with Gasteiger partial charge in [0.2, 0.25) is 5.60 Å². The Kier molecular flexibility index (Phi) is 7.53. The first kappa shape index (κ1) is 25.1. The highest BCUT2D eigenvalue weighted by atomic mass is 16.6. The summed E-state index contributed by atoms with van der Waals surface area (Å²) in [6.45, 7) is 1.58. The summed E-state index contributed by atoms with van der Waals surface area (Å²) in [5, 5.41) is 22.7. The van der Waals surface area contributed by atoms with Crippen molar-refractivity contribution in [1.29, 1.82) is 0 Å². The van der Waals surface area contributed by atoms with Crippen LogP contribution in [0, 0.1) is 5.92 Å². The minimum Gasteiger partial charge on any atom is -0.493 e. The molecule has 0 aromatic heterocycles. The van der Waals surface area contributed by atoms with Gasteiger partial charge in [-0.3, -0.25) is 4.79 Å². The normalized spacial score (nSPS) is 22.5. The van der Waals surface area contributed by atoms with Gasteiger partial charge < -0.3 is 38.6 Å². The van der Waals surface area contributed by atoms with Crippen LogP contribution in [0.2, 0.25) is 0 Å². The van der Waals surface area contributed by atoms with Crippen molar-refractivity contribution >= 4 is 11.9 Å². The summed E-state index contributed by atoms with van der Waals surface area (Å²) < 4.78 is 31.6. The first-order valence-electron chi connectivity index (χ1n) is 10.5. The maximum absolute atomic E-state index is 13.0. The van der Waals surface area contributed by atoms with Gasteiger partial charge in [0.05, 0.1) is 35.0 Å². The fourth-order valence-electron chi connectivity index (χ4n) is 4.02. The van der Waals surface area contributed by atoms with Gasteiger partial charge in [-0.05, 0) is 42.3 Å². The zero-order chi connectivity index (χ0) is 25.0. The molecule has 0 radical (unpaired) electrons. The number of carbonyl (C=O) groups excluding carboxylic acids is 2. The van der Waals surface area contributed by atoms with Crippen molar-refractivity contribution in [2.24, 2.45) is 5.92 Å². The summed E-state index contributed by atoms with van der Waals surface area (Å²) in [4.78, 5) is 26.0. The summed E-state index contributed by atoms with van der Waals surface area (Å²) >= 11 is 0. The van der Waals surface area contributed by atoms with Crippen LogP contribution in [0.5, 0.6) is 23.0 Å². The van der Waals surface area contributed by atoms with E-state index in [4.69, 9.17) is 28.4 Å². The fraction of sp³-hybridized carbons (Fsp3) is 0.417. The van der Waals surface area contributed by atoms with E-state index in [1.54, 1.807) is 19.1 Å². The Balaban J connectivity index is 2.10. The van der Waals surface area contributed by atoms with Gasteiger partial charge in [-0.15, -0.1) is 0 Å². The molecular formula is C24H28O10. The van der Waals surface area contributed by atoms with Gasteiger partial charge in [-0.1, -0.05) is 12.1 Å². The fourth-order valence-corrected chi connectivity index (χ4v) is 4.02. The van der Waals surface area contributed by atoms with Crippen LogP contribution >= 0.6 is 0 Å². The van der Waals surface area contributed by atoms with E-state index in [-0.39, 0.29) is 17.9 Å². The quantitative estimate of drug-likeness (QED) is 0.518. The number of methoxy groups -OCH3 is 4. The third kappa shape index (κ3) is 4.22. The molecular weight excluding hydrogens is 448 g/mol. The van der Waals surface area contributed by atoms with Gasteiger partial charge in [0, 0.05) is 0 Å². The largest absolute Gasteiger partial charge is 0.493 e. The molecule has 0 saturated carbocycles. The van der Waals surface area contributed by atoms with Crippen LogP contribution in [0.1, 0.15) is 30.3 Å². The molecule has 0 bridgehead atoms. The predicted octanol–water partition coefficient (Wildman–Crippen LogP) is 1.96. The summed E-state index contributed by atoms with van der Waals surface area (Å²) in [7, 11) is 5.75. The van der Waals surface area contributed by atoms with Crippen LogP contribution in [0.25, 0.3) is 0 Å². The highest BCUT2D eigenvalue weighted by Crippen LogP contribution is 2.50. The number of hydrogen-bond donors (Lipinski definition) is 2. The summed E-state index contributed by atoms with van der Waals surface area (Å²) in [5.41, 5.74) is -2.19. The lowest BCUT2D eigenvalue weighted by atomic mass is 9.77. The number of carbonyl (C=O) groups is 2. The molecule has 34 heavy (non-hydrogen) atoms. The van der Waals surface area contributed by atoms with E-state index in [1.807, 2.05) is 0 Å². The molecule has 0 unspecified atom stereocenters. The average Bonchev–Trinajstić information content (AvgIpc) is 3.13.